The average Bonchev–Trinajstić information content (AvgIpc) is 2.33. The van der Waals surface area contributed by atoms with Gasteiger partial charge in [-0.3, -0.25) is 0 Å². The fourth-order valence-electron chi connectivity index (χ4n) is 2.80. The van der Waals surface area contributed by atoms with Crippen molar-refractivity contribution < 1.29 is 9.47 Å². The molecule has 1 aliphatic carbocycles. The van der Waals surface area contributed by atoms with Crippen molar-refractivity contribution in [2.45, 2.75) is 51.6 Å². The van der Waals surface area contributed by atoms with Crippen molar-refractivity contribution in [3.8, 4) is 0 Å². The number of nitrogens with one attached hydrogen (secondary N) is 1. The molecule has 0 amide bonds. The Morgan fingerprint density at radius 1 is 1.35 bits per heavy atom. The lowest BCUT2D eigenvalue weighted by atomic mass is 9.78. The van der Waals surface area contributed by atoms with Crippen LogP contribution < -0.4 is 5.32 Å². The summed E-state index contributed by atoms with van der Waals surface area (Å²) in [6.07, 6.45) is 6.06. The molecule has 0 saturated heterocycles. The molecule has 0 spiro atoms. The minimum atomic E-state index is 0.0847. The minimum Gasteiger partial charge on any atom is -0.385 e. The molecule has 0 aliphatic heterocycles. The van der Waals surface area contributed by atoms with Gasteiger partial charge in [0.2, 0.25) is 0 Å². The van der Waals surface area contributed by atoms with E-state index < -0.39 is 0 Å². The SMILES string of the molecule is CCNCC1(OCCCOC)CCCC(C)C1. The van der Waals surface area contributed by atoms with E-state index in [-0.39, 0.29) is 5.60 Å². The Bertz CT molecular complexity index is 199. The van der Waals surface area contributed by atoms with Gasteiger partial charge in [0, 0.05) is 26.9 Å². The van der Waals surface area contributed by atoms with E-state index in [9.17, 15) is 0 Å². The molecular formula is C14H29NO2. The fraction of sp³-hybridized carbons (Fsp3) is 1.00. The quantitative estimate of drug-likeness (QED) is 0.665. The van der Waals surface area contributed by atoms with Crippen LogP contribution in [-0.4, -0.2) is 39.0 Å². The molecule has 3 heteroatoms. The zero-order chi connectivity index (χ0) is 12.6. The number of methoxy groups -OCH3 is 1. The fourth-order valence-corrected chi connectivity index (χ4v) is 2.80. The lowest BCUT2D eigenvalue weighted by Crippen LogP contribution is -2.46. The van der Waals surface area contributed by atoms with Crippen molar-refractivity contribution in [2.75, 3.05) is 33.4 Å². The third-order valence-corrected chi connectivity index (χ3v) is 3.65. The van der Waals surface area contributed by atoms with E-state index in [4.69, 9.17) is 9.47 Å². The van der Waals surface area contributed by atoms with Crippen LogP contribution in [0.15, 0.2) is 0 Å². The van der Waals surface area contributed by atoms with Gasteiger partial charge in [-0.05, 0) is 31.7 Å². The number of ether oxygens (including phenoxy) is 2. The van der Waals surface area contributed by atoms with Crippen molar-refractivity contribution in [1.82, 2.24) is 5.32 Å². The van der Waals surface area contributed by atoms with Gasteiger partial charge in [-0.15, -0.1) is 0 Å². The smallest absolute Gasteiger partial charge is 0.0808 e. The van der Waals surface area contributed by atoms with Crippen molar-refractivity contribution in [1.29, 1.82) is 0 Å². The molecule has 3 nitrogen and oxygen atoms in total. The van der Waals surface area contributed by atoms with E-state index in [2.05, 4.69) is 19.2 Å². The van der Waals surface area contributed by atoms with Gasteiger partial charge in [-0.25, -0.2) is 0 Å². The van der Waals surface area contributed by atoms with Gasteiger partial charge >= 0.3 is 0 Å². The zero-order valence-electron chi connectivity index (χ0n) is 11.8. The van der Waals surface area contributed by atoms with Crippen LogP contribution in [0.1, 0.15) is 46.0 Å². The van der Waals surface area contributed by atoms with E-state index in [1.54, 1.807) is 7.11 Å². The van der Waals surface area contributed by atoms with Crippen LogP contribution in [0.5, 0.6) is 0 Å². The van der Waals surface area contributed by atoms with Gasteiger partial charge in [0.1, 0.15) is 0 Å². The molecular weight excluding hydrogens is 214 g/mol. The third kappa shape index (κ3) is 5.36. The second-order valence-corrected chi connectivity index (χ2v) is 5.36. The van der Waals surface area contributed by atoms with E-state index in [1.165, 1.54) is 25.7 Å². The van der Waals surface area contributed by atoms with Gasteiger partial charge in [0.15, 0.2) is 0 Å². The first-order chi connectivity index (χ1) is 8.22. The summed E-state index contributed by atoms with van der Waals surface area (Å²) in [5.74, 6) is 0.796. The first kappa shape index (κ1) is 14.9. The maximum atomic E-state index is 6.20. The molecule has 1 rings (SSSR count). The van der Waals surface area contributed by atoms with Crippen molar-refractivity contribution in [3.05, 3.63) is 0 Å². The standard InChI is InChI=1S/C14H29NO2/c1-4-15-12-14(17-10-6-9-16-3)8-5-7-13(2)11-14/h13,15H,4-12H2,1-3H3. The lowest BCUT2D eigenvalue weighted by molar-refractivity contribution is -0.0828. The summed E-state index contributed by atoms with van der Waals surface area (Å²) in [6.45, 7) is 8.15. The van der Waals surface area contributed by atoms with Crippen LogP contribution in [0.3, 0.4) is 0 Å². The van der Waals surface area contributed by atoms with Crippen molar-refractivity contribution >= 4 is 0 Å². The number of hydrogen-bond acceptors (Lipinski definition) is 3. The van der Waals surface area contributed by atoms with Crippen LogP contribution >= 0.6 is 0 Å². The maximum absolute atomic E-state index is 6.20. The van der Waals surface area contributed by atoms with Crippen molar-refractivity contribution in [3.63, 3.8) is 0 Å². The molecule has 2 atom stereocenters. The van der Waals surface area contributed by atoms with E-state index in [1.807, 2.05) is 0 Å². The third-order valence-electron chi connectivity index (χ3n) is 3.65. The molecule has 102 valence electrons. The Labute approximate surface area is 106 Å². The Kier molecular flexibility index (Phi) is 7.09. The Hall–Kier alpha value is -0.120. The van der Waals surface area contributed by atoms with E-state index >= 15 is 0 Å². The number of rotatable bonds is 8. The van der Waals surface area contributed by atoms with Crippen molar-refractivity contribution in [2.24, 2.45) is 5.92 Å². The van der Waals surface area contributed by atoms with Gasteiger partial charge in [0.05, 0.1) is 5.60 Å². The van der Waals surface area contributed by atoms with Crippen LogP contribution in [0.4, 0.5) is 0 Å². The second kappa shape index (κ2) is 8.06. The molecule has 1 N–H and O–H groups in total. The highest BCUT2D eigenvalue weighted by Gasteiger charge is 2.35. The molecule has 2 unspecified atom stereocenters. The predicted molar refractivity (Wildman–Crippen MR) is 71.4 cm³/mol. The molecule has 0 aromatic carbocycles. The molecule has 1 aliphatic rings. The van der Waals surface area contributed by atoms with Gasteiger partial charge in [-0.1, -0.05) is 26.7 Å². The normalized spacial score (nSPS) is 29.5. The summed E-state index contributed by atoms with van der Waals surface area (Å²) < 4.78 is 11.3. The second-order valence-electron chi connectivity index (χ2n) is 5.36. The molecule has 0 bridgehead atoms. The van der Waals surface area contributed by atoms with Crippen LogP contribution in [0.2, 0.25) is 0 Å². The minimum absolute atomic E-state index is 0.0847. The molecule has 0 heterocycles. The van der Waals surface area contributed by atoms with Gasteiger partial charge in [0.25, 0.3) is 0 Å². The Balaban J connectivity index is 2.40. The highest BCUT2D eigenvalue weighted by atomic mass is 16.5. The van der Waals surface area contributed by atoms with E-state index in [0.29, 0.717) is 0 Å². The monoisotopic (exact) mass is 243 g/mol. The van der Waals surface area contributed by atoms with E-state index in [0.717, 1.165) is 38.6 Å². The topological polar surface area (TPSA) is 30.5 Å². The van der Waals surface area contributed by atoms with Crippen LogP contribution in [0.25, 0.3) is 0 Å². The van der Waals surface area contributed by atoms with Gasteiger partial charge in [-0.2, -0.15) is 0 Å². The first-order valence-corrected chi connectivity index (χ1v) is 7.06. The molecule has 0 aromatic rings. The molecule has 0 radical (unpaired) electrons. The molecule has 0 aromatic heterocycles. The summed E-state index contributed by atoms with van der Waals surface area (Å²) in [5, 5.41) is 3.46. The number of likely N-dealkylation sites (N-methyl/N-ethyl adjacent to an activating group) is 1. The summed E-state index contributed by atoms with van der Waals surface area (Å²) in [4.78, 5) is 0. The van der Waals surface area contributed by atoms with Crippen LogP contribution in [0, 0.1) is 5.92 Å². The first-order valence-electron chi connectivity index (χ1n) is 7.06. The summed E-state index contributed by atoms with van der Waals surface area (Å²) in [5.41, 5.74) is 0.0847. The zero-order valence-corrected chi connectivity index (χ0v) is 11.8. The van der Waals surface area contributed by atoms with Crippen LogP contribution in [-0.2, 0) is 9.47 Å². The summed E-state index contributed by atoms with van der Waals surface area (Å²) in [7, 11) is 1.75. The summed E-state index contributed by atoms with van der Waals surface area (Å²) >= 11 is 0. The molecule has 1 saturated carbocycles. The summed E-state index contributed by atoms with van der Waals surface area (Å²) in [6, 6.07) is 0. The number of hydrogen-bond donors (Lipinski definition) is 1. The molecule has 1 fully saturated rings. The lowest BCUT2D eigenvalue weighted by Gasteiger charge is -2.40. The highest BCUT2D eigenvalue weighted by Crippen LogP contribution is 2.34. The Morgan fingerprint density at radius 3 is 2.82 bits per heavy atom. The largest absolute Gasteiger partial charge is 0.385 e. The average molecular weight is 243 g/mol. The highest BCUT2D eigenvalue weighted by molar-refractivity contribution is 4.89. The molecule has 17 heavy (non-hydrogen) atoms. The van der Waals surface area contributed by atoms with Gasteiger partial charge < -0.3 is 14.8 Å². The predicted octanol–water partition coefficient (Wildman–Crippen LogP) is 2.60. The maximum Gasteiger partial charge on any atom is 0.0808 e. The Morgan fingerprint density at radius 2 is 2.18 bits per heavy atom.